The third kappa shape index (κ3) is 4.69. The van der Waals surface area contributed by atoms with Gasteiger partial charge in [0.05, 0.1) is 18.4 Å². The summed E-state index contributed by atoms with van der Waals surface area (Å²) in [6, 6.07) is 12.8. The molecule has 5 nitrogen and oxygen atoms in total. The SMILES string of the molecule is O=C(Nc1cccc(Cl)c1)N1CCCC(OCc2ccccn2)C1. The van der Waals surface area contributed by atoms with Crippen molar-refractivity contribution >= 4 is 23.3 Å². The Balaban J connectivity index is 1.52. The Labute approximate surface area is 146 Å². The zero-order valence-corrected chi connectivity index (χ0v) is 14.1. The van der Waals surface area contributed by atoms with Crippen LogP contribution in [0.2, 0.25) is 5.02 Å². The molecular formula is C18H20ClN3O2. The van der Waals surface area contributed by atoms with Gasteiger partial charge in [0, 0.05) is 30.0 Å². The molecule has 1 aliphatic heterocycles. The first-order valence-corrected chi connectivity index (χ1v) is 8.41. The van der Waals surface area contributed by atoms with Gasteiger partial charge in [0.15, 0.2) is 0 Å². The van der Waals surface area contributed by atoms with E-state index < -0.39 is 0 Å². The number of ether oxygens (including phenoxy) is 1. The Kier molecular flexibility index (Phi) is 5.67. The number of halogens is 1. The summed E-state index contributed by atoms with van der Waals surface area (Å²) >= 11 is 5.95. The number of carbonyl (C=O) groups excluding carboxylic acids is 1. The number of nitrogens with one attached hydrogen (secondary N) is 1. The Morgan fingerprint density at radius 3 is 3.04 bits per heavy atom. The van der Waals surface area contributed by atoms with Gasteiger partial charge in [-0.05, 0) is 43.2 Å². The van der Waals surface area contributed by atoms with Crippen LogP contribution in [-0.4, -0.2) is 35.1 Å². The predicted molar refractivity (Wildman–Crippen MR) is 94.1 cm³/mol. The molecule has 1 aliphatic rings. The van der Waals surface area contributed by atoms with Crippen LogP contribution in [0, 0.1) is 0 Å². The molecule has 0 saturated carbocycles. The lowest BCUT2D eigenvalue weighted by Gasteiger charge is -2.32. The van der Waals surface area contributed by atoms with Gasteiger partial charge in [0.1, 0.15) is 0 Å². The zero-order chi connectivity index (χ0) is 16.8. The third-order valence-electron chi connectivity index (χ3n) is 3.93. The topological polar surface area (TPSA) is 54.5 Å². The van der Waals surface area contributed by atoms with Crippen LogP contribution >= 0.6 is 11.6 Å². The molecule has 2 aromatic rings. The number of nitrogens with zero attached hydrogens (tertiary/aromatic N) is 2. The van der Waals surface area contributed by atoms with E-state index in [0.29, 0.717) is 23.9 Å². The van der Waals surface area contributed by atoms with Gasteiger partial charge >= 0.3 is 6.03 Å². The van der Waals surface area contributed by atoms with Crippen LogP contribution in [0.25, 0.3) is 0 Å². The van der Waals surface area contributed by atoms with Crippen molar-refractivity contribution in [3.8, 4) is 0 Å². The average Bonchev–Trinajstić information content (AvgIpc) is 2.61. The van der Waals surface area contributed by atoms with Crippen LogP contribution in [0.4, 0.5) is 10.5 Å². The second-order valence-corrected chi connectivity index (χ2v) is 6.22. The first-order chi connectivity index (χ1) is 11.7. The minimum Gasteiger partial charge on any atom is -0.370 e. The number of benzene rings is 1. The summed E-state index contributed by atoms with van der Waals surface area (Å²) in [5.41, 5.74) is 1.60. The van der Waals surface area contributed by atoms with E-state index in [1.807, 2.05) is 30.3 Å². The molecule has 0 aliphatic carbocycles. The van der Waals surface area contributed by atoms with Crippen LogP contribution in [-0.2, 0) is 11.3 Å². The average molecular weight is 346 g/mol. The Morgan fingerprint density at radius 1 is 1.33 bits per heavy atom. The molecule has 1 N–H and O–H groups in total. The maximum Gasteiger partial charge on any atom is 0.321 e. The number of urea groups is 1. The standard InChI is InChI=1S/C18H20ClN3O2/c19-14-5-3-7-15(11-14)21-18(23)22-10-4-8-17(12-22)24-13-16-6-1-2-9-20-16/h1-3,5-7,9,11,17H,4,8,10,12-13H2,(H,21,23). The van der Waals surface area contributed by atoms with Gasteiger partial charge in [-0.25, -0.2) is 4.79 Å². The van der Waals surface area contributed by atoms with E-state index in [0.717, 1.165) is 25.1 Å². The number of anilines is 1. The molecular weight excluding hydrogens is 326 g/mol. The number of piperidine rings is 1. The number of pyridine rings is 1. The normalized spacial score (nSPS) is 17.5. The predicted octanol–water partition coefficient (Wildman–Crippen LogP) is 3.95. The fraction of sp³-hybridized carbons (Fsp3) is 0.333. The first kappa shape index (κ1) is 16.7. The maximum absolute atomic E-state index is 12.4. The van der Waals surface area contributed by atoms with Crippen LogP contribution in [0.1, 0.15) is 18.5 Å². The van der Waals surface area contributed by atoms with Crippen LogP contribution in [0.5, 0.6) is 0 Å². The Bertz CT molecular complexity index is 681. The van der Waals surface area contributed by atoms with Crippen molar-refractivity contribution in [1.82, 2.24) is 9.88 Å². The van der Waals surface area contributed by atoms with Gasteiger partial charge in [-0.1, -0.05) is 23.7 Å². The first-order valence-electron chi connectivity index (χ1n) is 8.04. The molecule has 0 bridgehead atoms. The van der Waals surface area contributed by atoms with Gasteiger partial charge in [-0.2, -0.15) is 0 Å². The van der Waals surface area contributed by atoms with E-state index in [9.17, 15) is 4.79 Å². The van der Waals surface area contributed by atoms with E-state index in [1.54, 1.807) is 23.2 Å². The van der Waals surface area contributed by atoms with E-state index in [-0.39, 0.29) is 12.1 Å². The quantitative estimate of drug-likeness (QED) is 0.912. The molecule has 6 heteroatoms. The minimum atomic E-state index is -0.122. The van der Waals surface area contributed by atoms with Crippen LogP contribution in [0.3, 0.4) is 0 Å². The van der Waals surface area contributed by atoms with Crippen LogP contribution in [0.15, 0.2) is 48.7 Å². The van der Waals surface area contributed by atoms with Crippen molar-refractivity contribution in [2.45, 2.75) is 25.6 Å². The zero-order valence-electron chi connectivity index (χ0n) is 13.3. The molecule has 1 fully saturated rings. The number of likely N-dealkylation sites (tertiary alicyclic amines) is 1. The summed E-state index contributed by atoms with van der Waals surface area (Å²) in [5.74, 6) is 0. The maximum atomic E-state index is 12.4. The highest BCUT2D eigenvalue weighted by atomic mass is 35.5. The Morgan fingerprint density at radius 2 is 2.25 bits per heavy atom. The summed E-state index contributed by atoms with van der Waals surface area (Å²) in [6.45, 7) is 1.78. The molecule has 3 rings (SSSR count). The largest absolute Gasteiger partial charge is 0.370 e. The van der Waals surface area contributed by atoms with Crippen molar-refractivity contribution in [3.05, 3.63) is 59.4 Å². The second-order valence-electron chi connectivity index (χ2n) is 5.78. The van der Waals surface area contributed by atoms with Crippen molar-refractivity contribution in [2.24, 2.45) is 0 Å². The van der Waals surface area contributed by atoms with E-state index in [1.165, 1.54) is 0 Å². The summed E-state index contributed by atoms with van der Waals surface area (Å²) in [4.78, 5) is 18.4. The van der Waals surface area contributed by atoms with Crippen molar-refractivity contribution in [3.63, 3.8) is 0 Å². The molecule has 0 radical (unpaired) electrons. The molecule has 2 heterocycles. The van der Waals surface area contributed by atoms with Gasteiger partial charge < -0.3 is 15.0 Å². The fourth-order valence-corrected chi connectivity index (χ4v) is 2.90. The summed E-state index contributed by atoms with van der Waals surface area (Å²) < 4.78 is 5.91. The highest BCUT2D eigenvalue weighted by Crippen LogP contribution is 2.18. The molecule has 126 valence electrons. The number of rotatable bonds is 4. The van der Waals surface area contributed by atoms with E-state index >= 15 is 0 Å². The lowest BCUT2D eigenvalue weighted by atomic mass is 10.1. The molecule has 2 amide bonds. The molecule has 0 spiro atoms. The van der Waals surface area contributed by atoms with Gasteiger partial charge in [-0.15, -0.1) is 0 Å². The lowest BCUT2D eigenvalue weighted by Crippen LogP contribution is -2.45. The number of carbonyl (C=O) groups is 1. The molecule has 1 aromatic heterocycles. The number of aromatic nitrogens is 1. The smallest absolute Gasteiger partial charge is 0.321 e. The van der Waals surface area contributed by atoms with Crippen molar-refractivity contribution in [1.29, 1.82) is 0 Å². The number of amides is 2. The highest BCUT2D eigenvalue weighted by Gasteiger charge is 2.24. The highest BCUT2D eigenvalue weighted by molar-refractivity contribution is 6.30. The molecule has 24 heavy (non-hydrogen) atoms. The number of hydrogen-bond donors (Lipinski definition) is 1. The van der Waals surface area contributed by atoms with Crippen molar-refractivity contribution < 1.29 is 9.53 Å². The Hall–Kier alpha value is -2.11. The third-order valence-corrected chi connectivity index (χ3v) is 4.17. The number of hydrogen-bond acceptors (Lipinski definition) is 3. The van der Waals surface area contributed by atoms with Gasteiger partial charge in [0.2, 0.25) is 0 Å². The van der Waals surface area contributed by atoms with E-state index in [4.69, 9.17) is 16.3 Å². The minimum absolute atomic E-state index is 0.0332. The lowest BCUT2D eigenvalue weighted by molar-refractivity contribution is -0.000325. The summed E-state index contributed by atoms with van der Waals surface area (Å²) in [7, 11) is 0. The summed E-state index contributed by atoms with van der Waals surface area (Å²) in [5, 5.41) is 3.48. The van der Waals surface area contributed by atoms with E-state index in [2.05, 4.69) is 10.3 Å². The molecule has 1 saturated heterocycles. The molecule has 1 atom stereocenters. The van der Waals surface area contributed by atoms with Gasteiger partial charge in [-0.3, -0.25) is 4.98 Å². The molecule has 1 aromatic carbocycles. The fourth-order valence-electron chi connectivity index (χ4n) is 2.71. The van der Waals surface area contributed by atoms with Crippen molar-refractivity contribution in [2.75, 3.05) is 18.4 Å². The molecule has 1 unspecified atom stereocenters. The van der Waals surface area contributed by atoms with Crippen LogP contribution < -0.4 is 5.32 Å². The summed E-state index contributed by atoms with van der Waals surface area (Å²) in [6.07, 6.45) is 3.67. The second kappa shape index (κ2) is 8.13. The monoisotopic (exact) mass is 345 g/mol. The van der Waals surface area contributed by atoms with Gasteiger partial charge in [0.25, 0.3) is 0 Å².